The molecule has 11 nitrogen and oxygen atoms in total. The van der Waals surface area contributed by atoms with E-state index in [1.165, 1.54) is 20.3 Å². The number of methoxy groups -OCH3 is 2. The lowest BCUT2D eigenvalue weighted by molar-refractivity contribution is -0.386. The summed E-state index contributed by atoms with van der Waals surface area (Å²) in [5, 5.41) is 11.4. The van der Waals surface area contributed by atoms with Crippen molar-refractivity contribution in [3.05, 3.63) is 27.8 Å². The third-order valence-corrected chi connectivity index (χ3v) is 3.30. The van der Waals surface area contributed by atoms with Crippen molar-refractivity contribution in [2.75, 3.05) is 14.2 Å². The van der Waals surface area contributed by atoms with Gasteiger partial charge in [-0.25, -0.2) is 4.79 Å². The van der Waals surface area contributed by atoms with Gasteiger partial charge in [-0.15, -0.1) is 0 Å². The van der Waals surface area contributed by atoms with E-state index in [1.54, 1.807) is 0 Å². The van der Waals surface area contributed by atoms with Crippen LogP contribution in [-0.2, 0) is 25.8 Å². The zero-order valence-electron chi connectivity index (χ0n) is 13.3. The van der Waals surface area contributed by atoms with Crippen molar-refractivity contribution in [1.82, 2.24) is 5.06 Å². The van der Waals surface area contributed by atoms with E-state index < -0.39 is 29.5 Å². The first-order valence-electron chi connectivity index (χ1n) is 6.97. The Morgan fingerprint density at radius 2 is 1.72 bits per heavy atom. The van der Waals surface area contributed by atoms with Gasteiger partial charge < -0.3 is 14.2 Å². The molecule has 2 rings (SSSR count). The lowest BCUT2D eigenvalue weighted by Crippen LogP contribution is -2.32. The van der Waals surface area contributed by atoms with Gasteiger partial charge in [0.05, 0.1) is 30.8 Å². The average Bonchev–Trinajstić information content (AvgIpc) is 2.90. The van der Waals surface area contributed by atoms with Gasteiger partial charge in [-0.05, 0) is 6.07 Å². The minimum Gasteiger partial charge on any atom is -0.493 e. The molecule has 1 aromatic rings. The highest BCUT2D eigenvalue weighted by Crippen LogP contribution is 2.34. The maximum atomic E-state index is 11.6. The summed E-state index contributed by atoms with van der Waals surface area (Å²) in [4.78, 5) is 49.3. The summed E-state index contributed by atoms with van der Waals surface area (Å²) in [6.45, 7) is -0.536. The summed E-state index contributed by atoms with van der Waals surface area (Å²) in [6, 6.07) is 2.40. The molecule has 0 saturated carbocycles. The highest BCUT2D eigenvalue weighted by Gasteiger charge is 2.33. The molecule has 0 atom stereocenters. The number of carbonyl (C=O) groups excluding carboxylic acids is 3. The Bertz CT molecular complexity index is 715. The molecule has 1 fully saturated rings. The summed E-state index contributed by atoms with van der Waals surface area (Å²) in [5.74, 6) is -1.00. The molecular formula is C14H14N2O9. The molecule has 1 aromatic carbocycles. The Morgan fingerprint density at radius 1 is 1.16 bits per heavy atom. The molecule has 1 saturated heterocycles. The number of nitrogens with zero attached hydrogens (tertiary/aromatic N) is 2. The fourth-order valence-electron chi connectivity index (χ4n) is 2.09. The summed E-state index contributed by atoms with van der Waals surface area (Å²) < 4.78 is 14.8. The third kappa shape index (κ3) is 3.94. The molecule has 1 aliphatic rings. The standard InChI is InChI=1S/C14H14N2O9/c1-22-10-5-8(9(16(20)21)6-11(10)23-2)7-24-14(19)25-15-12(17)3-4-13(15)18/h5-6H,3-4,7H2,1-2H3. The van der Waals surface area contributed by atoms with Gasteiger partial charge in [0.15, 0.2) is 11.5 Å². The van der Waals surface area contributed by atoms with E-state index in [0.717, 1.165) is 6.07 Å². The molecule has 0 aliphatic carbocycles. The van der Waals surface area contributed by atoms with Crippen LogP contribution < -0.4 is 9.47 Å². The summed E-state index contributed by atoms with van der Waals surface area (Å²) in [6.07, 6.45) is -1.46. The van der Waals surface area contributed by atoms with Gasteiger partial charge in [0.25, 0.3) is 17.5 Å². The van der Waals surface area contributed by atoms with E-state index in [-0.39, 0.29) is 35.6 Å². The van der Waals surface area contributed by atoms with Gasteiger partial charge in [-0.2, -0.15) is 0 Å². The zero-order chi connectivity index (χ0) is 18.6. The second-order valence-corrected chi connectivity index (χ2v) is 4.80. The van der Waals surface area contributed by atoms with Crippen LogP contribution in [0.25, 0.3) is 0 Å². The van der Waals surface area contributed by atoms with Gasteiger partial charge >= 0.3 is 6.16 Å². The van der Waals surface area contributed by atoms with Crippen molar-refractivity contribution in [2.24, 2.45) is 0 Å². The fraction of sp³-hybridized carbons (Fsp3) is 0.357. The molecule has 1 heterocycles. The summed E-state index contributed by atoms with van der Waals surface area (Å²) in [5.41, 5.74) is -0.350. The van der Waals surface area contributed by atoms with Crippen molar-refractivity contribution in [3.63, 3.8) is 0 Å². The largest absolute Gasteiger partial charge is 0.534 e. The molecule has 11 heteroatoms. The number of nitro groups is 1. The molecule has 2 amide bonds. The van der Waals surface area contributed by atoms with E-state index in [9.17, 15) is 24.5 Å². The lowest BCUT2D eigenvalue weighted by Gasteiger charge is -2.13. The van der Waals surface area contributed by atoms with E-state index in [2.05, 4.69) is 4.84 Å². The van der Waals surface area contributed by atoms with Crippen molar-refractivity contribution in [1.29, 1.82) is 0 Å². The van der Waals surface area contributed by atoms with Crippen molar-refractivity contribution >= 4 is 23.7 Å². The summed E-state index contributed by atoms with van der Waals surface area (Å²) in [7, 11) is 2.66. The van der Waals surface area contributed by atoms with Crippen LogP contribution in [0.1, 0.15) is 18.4 Å². The molecule has 0 unspecified atom stereocenters. The first-order chi connectivity index (χ1) is 11.9. The molecule has 0 radical (unpaired) electrons. The number of benzene rings is 1. The first-order valence-corrected chi connectivity index (χ1v) is 6.97. The number of amides is 2. The van der Waals surface area contributed by atoms with E-state index in [0.29, 0.717) is 5.06 Å². The maximum absolute atomic E-state index is 11.6. The van der Waals surface area contributed by atoms with Crippen LogP contribution in [0, 0.1) is 10.1 Å². The second-order valence-electron chi connectivity index (χ2n) is 4.80. The van der Waals surface area contributed by atoms with E-state index in [1.807, 2.05) is 0 Å². The zero-order valence-corrected chi connectivity index (χ0v) is 13.3. The second kappa shape index (κ2) is 7.47. The minimum atomic E-state index is -1.34. The predicted octanol–water partition coefficient (Wildman–Crippen LogP) is 1.33. The Balaban J connectivity index is 2.11. The average molecular weight is 354 g/mol. The number of hydrogen-bond donors (Lipinski definition) is 0. The minimum absolute atomic E-state index is 0.0127. The van der Waals surface area contributed by atoms with Crippen LogP contribution in [0.5, 0.6) is 11.5 Å². The number of hydrogen-bond acceptors (Lipinski definition) is 9. The number of ether oxygens (including phenoxy) is 3. The van der Waals surface area contributed by atoms with E-state index >= 15 is 0 Å². The van der Waals surface area contributed by atoms with E-state index in [4.69, 9.17) is 14.2 Å². The first kappa shape index (κ1) is 18.0. The van der Waals surface area contributed by atoms with Crippen LogP contribution in [0.2, 0.25) is 0 Å². The number of imide groups is 1. The SMILES string of the molecule is COc1cc(COC(=O)ON2C(=O)CCC2=O)c([N+](=O)[O-])cc1OC. The van der Waals surface area contributed by atoms with Crippen molar-refractivity contribution in [3.8, 4) is 11.5 Å². The molecule has 0 aromatic heterocycles. The van der Waals surface area contributed by atoms with Gasteiger partial charge in [0.2, 0.25) is 0 Å². The fourth-order valence-corrected chi connectivity index (χ4v) is 2.09. The lowest BCUT2D eigenvalue weighted by atomic mass is 10.1. The Kier molecular flexibility index (Phi) is 5.37. The highest BCUT2D eigenvalue weighted by atomic mass is 16.8. The Hall–Kier alpha value is -3.37. The highest BCUT2D eigenvalue weighted by molar-refractivity contribution is 6.01. The molecule has 25 heavy (non-hydrogen) atoms. The van der Waals surface area contributed by atoms with Crippen LogP contribution >= 0.6 is 0 Å². The quantitative estimate of drug-likeness (QED) is 0.321. The molecule has 1 aliphatic heterocycles. The third-order valence-electron chi connectivity index (χ3n) is 3.30. The monoisotopic (exact) mass is 354 g/mol. The van der Waals surface area contributed by atoms with Gasteiger partial charge in [-0.1, -0.05) is 5.06 Å². The Labute approximate surface area is 141 Å². The number of hydroxylamine groups is 2. The molecule has 0 bridgehead atoms. The van der Waals surface area contributed by atoms with Crippen LogP contribution in [0.15, 0.2) is 12.1 Å². The molecule has 0 spiro atoms. The van der Waals surface area contributed by atoms with Gasteiger partial charge in [0, 0.05) is 12.8 Å². The topological polar surface area (TPSA) is 135 Å². The van der Waals surface area contributed by atoms with Crippen LogP contribution in [0.4, 0.5) is 10.5 Å². The molecule has 0 N–H and O–H groups in total. The normalized spacial score (nSPS) is 13.6. The van der Waals surface area contributed by atoms with Gasteiger partial charge in [0.1, 0.15) is 6.61 Å². The number of rotatable bonds is 6. The predicted molar refractivity (Wildman–Crippen MR) is 78.6 cm³/mol. The van der Waals surface area contributed by atoms with Crippen LogP contribution in [-0.4, -0.2) is 42.2 Å². The van der Waals surface area contributed by atoms with Crippen molar-refractivity contribution in [2.45, 2.75) is 19.4 Å². The number of carbonyl (C=O) groups is 3. The maximum Gasteiger partial charge on any atom is 0.534 e. The molecule has 134 valence electrons. The van der Waals surface area contributed by atoms with Gasteiger partial charge in [-0.3, -0.25) is 24.5 Å². The van der Waals surface area contributed by atoms with Crippen LogP contribution in [0.3, 0.4) is 0 Å². The Morgan fingerprint density at radius 3 is 2.24 bits per heavy atom. The van der Waals surface area contributed by atoms with Crippen molar-refractivity contribution < 1.29 is 38.4 Å². The number of nitro benzene ring substituents is 1. The smallest absolute Gasteiger partial charge is 0.493 e. The summed E-state index contributed by atoms with van der Waals surface area (Å²) >= 11 is 0. The molecular weight excluding hydrogens is 340 g/mol.